The smallest absolute Gasteiger partial charge is 0.416 e. The Kier molecular flexibility index (Phi) is 11.0. The maximum atomic E-state index is 13.6. The molecule has 0 spiro atoms. The second-order valence-corrected chi connectivity index (χ2v) is 11.1. The summed E-state index contributed by atoms with van der Waals surface area (Å²) >= 11 is 6.05. The molecule has 1 aliphatic heterocycles. The van der Waals surface area contributed by atoms with Crippen molar-refractivity contribution in [2.45, 2.75) is 45.1 Å². The van der Waals surface area contributed by atoms with Crippen LogP contribution >= 0.6 is 11.6 Å². The molecule has 1 fully saturated rings. The van der Waals surface area contributed by atoms with E-state index in [1.54, 1.807) is 4.90 Å². The third kappa shape index (κ3) is 9.16. The van der Waals surface area contributed by atoms with E-state index >= 15 is 0 Å². The lowest BCUT2D eigenvalue weighted by Gasteiger charge is -2.25. The molecule has 230 valence electrons. The van der Waals surface area contributed by atoms with Gasteiger partial charge in [0.25, 0.3) is 5.91 Å². The van der Waals surface area contributed by atoms with Gasteiger partial charge in [-0.3, -0.25) is 9.59 Å². The predicted octanol–water partition coefficient (Wildman–Crippen LogP) is 5.71. The number of hydrogen-bond acceptors (Lipinski definition) is 6. The molecule has 2 amide bonds. The maximum Gasteiger partial charge on any atom is 0.416 e. The van der Waals surface area contributed by atoms with Crippen LogP contribution in [0.25, 0.3) is 0 Å². The Labute approximate surface area is 253 Å². The molecule has 2 N–H and O–H groups in total. The van der Waals surface area contributed by atoms with E-state index in [-0.39, 0.29) is 47.4 Å². The van der Waals surface area contributed by atoms with Crippen LogP contribution < -0.4 is 15.4 Å². The lowest BCUT2D eigenvalue weighted by atomic mass is 10.2. The van der Waals surface area contributed by atoms with Gasteiger partial charge in [-0.25, -0.2) is 4.98 Å². The quantitative estimate of drug-likeness (QED) is 0.270. The third-order valence-electron chi connectivity index (χ3n) is 6.80. The van der Waals surface area contributed by atoms with Gasteiger partial charge in [0.15, 0.2) is 0 Å². The molecule has 1 aromatic heterocycles. The van der Waals surface area contributed by atoms with Gasteiger partial charge in [-0.2, -0.15) is 13.2 Å². The van der Waals surface area contributed by atoms with Crippen molar-refractivity contribution in [1.82, 2.24) is 20.5 Å². The number of carbonyl (C=O) groups is 2. The molecule has 1 aliphatic rings. The van der Waals surface area contributed by atoms with Crippen molar-refractivity contribution in [3.8, 4) is 11.6 Å². The Balaban J connectivity index is 1.49. The number of halogens is 4. The van der Waals surface area contributed by atoms with E-state index in [4.69, 9.17) is 21.1 Å². The molecule has 0 bridgehead atoms. The van der Waals surface area contributed by atoms with Crippen molar-refractivity contribution < 1.29 is 32.2 Å². The Morgan fingerprint density at radius 2 is 1.88 bits per heavy atom. The SMILES string of the molecule is CC(C)CN[C@@H]1CCN(C(=O)[C@@H](COCc2ccccc2)NC(=O)c2cccnc2Oc2ccc(C(F)(F)F)cc2Cl)C1. The van der Waals surface area contributed by atoms with Crippen molar-refractivity contribution in [3.63, 3.8) is 0 Å². The van der Waals surface area contributed by atoms with Crippen molar-refractivity contribution in [1.29, 1.82) is 0 Å². The van der Waals surface area contributed by atoms with Gasteiger partial charge in [-0.1, -0.05) is 55.8 Å². The lowest BCUT2D eigenvalue weighted by Crippen LogP contribution is -2.51. The maximum absolute atomic E-state index is 13.6. The minimum atomic E-state index is -4.58. The minimum Gasteiger partial charge on any atom is -0.437 e. The molecule has 2 atom stereocenters. The van der Waals surface area contributed by atoms with E-state index in [1.807, 2.05) is 30.3 Å². The molecule has 12 heteroatoms. The Morgan fingerprint density at radius 1 is 1.12 bits per heavy atom. The van der Waals surface area contributed by atoms with Gasteiger partial charge < -0.3 is 25.0 Å². The normalized spacial score (nSPS) is 15.9. The molecule has 2 aromatic carbocycles. The van der Waals surface area contributed by atoms with Crippen LogP contribution in [0.3, 0.4) is 0 Å². The Morgan fingerprint density at radius 3 is 2.58 bits per heavy atom. The van der Waals surface area contributed by atoms with E-state index in [0.29, 0.717) is 19.0 Å². The number of aromatic nitrogens is 1. The van der Waals surface area contributed by atoms with Gasteiger partial charge in [-0.05, 0) is 54.8 Å². The van der Waals surface area contributed by atoms with Crippen molar-refractivity contribution >= 4 is 23.4 Å². The molecule has 43 heavy (non-hydrogen) atoms. The lowest BCUT2D eigenvalue weighted by molar-refractivity contribution is -0.137. The summed E-state index contributed by atoms with van der Waals surface area (Å²) in [6.45, 7) is 6.26. The number of amides is 2. The number of nitrogens with zero attached hydrogens (tertiary/aromatic N) is 2. The predicted molar refractivity (Wildman–Crippen MR) is 156 cm³/mol. The van der Waals surface area contributed by atoms with Crippen molar-refractivity contribution in [2.24, 2.45) is 5.92 Å². The number of rotatable bonds is 12. The van der Waals surface area contributed by atoms with Crippen LogP contribution in [-0.2, 0) is 22.3 Å². The number of ether oxygens (including phenoxy) is 2. The monoisotopic (exact) mass is 618 g/mol. The molecular weight excluding hydrogens is 585 g/mol. The van der Waals surface area contributed by atoms with Crippen molar-refractivity contribution in [2.75, 3.05) is 26.2 Å². The summed E-state index contributed by atoms with van der Waals surface area (Å²) in [5, 5.41) is 5.92. The van der Waals surface area contributed by atoms with E-state index < -0.39 is 23.7 Å². The summed E-state index contributed by atoms with van der Waals surface area (Å²) in [7, 11) is 0. The Bertz CT molecular complexity index is 1390. The summed E-state index contributed by atoms with van der Waals surface area (Å²) in [4.78, 5) is 32.9. The van der Waals surface area contributed by atoms with Gasteiger partial charge in [-0.15, -0.1) is 0 Å². The first-order chi connectivity index (χ1) is 20.5. The summed E-state index contributed by atoms with van der Waals surface area (Å²) in [6, 6.07) is 14.1. The summed E-state index contributed by atoms with van der Waals surface area (Å²) in [5.74, 6) is -0.777. The van der Waals surface area contributed by atoms with Crippen LogP contribution in [0, 0.1) is 5.92 Å². The molecule has 3 aromatic rings. The van der Waals surface area contributed by atoms with Crippen molar-refractivity contribution in [3.05, 3.63) is 88.6 Å². The number of hydrogen-bond donors (Lipinski definition) is 2. The fourth-order valence-electron chi connectivity index (χ4n) is 4.54. The van der Waals surface area contributed by atoms with Gasteiger partial charge in [0.05, 0.1) is 23.8 Å². The summed E-state index contributed by atoms with van der Waals surface area (Å²) in [6.07, 6.45) is -2.43. The topological polar surface area (TPSA) is 92.8 Å². The van der Waals surface area contributed by atoms with Crippen LogP contribution in [-0.4, -0.2) is 60.0 Å². The molecule has 0 saturated carbocycles. The van der Waals surface area contributed by atoms with Crippen LogP contribution in [0.2, 0.25) is 5.02 Å². The van der Waals surface area contributed by atoms with Gasteiger partial charge >= 0.3 is 6.18 Å². The zero-order chi connectivity index (χ0) is 31.0. The van der Waals surface area contributed by atoms with Crippen LogP contribution in [0.1, 0.15) is 41.8 Å². The zero-order valence-electron chi connectivity index (χ0n) is 23.9. The molecule has 0 radical (unpaired) electrons. The molecule has 8 nitrogen and oxygen atoms in total. The second kappa shape index (κ2) is 14.7. The van der Waals surface area contributed by atoms with E-state index in [9.17, 15) is 22.8 Å². The molecule has 0 unspecified atom stereocenters. The molecule has 1 saturated heterocycles. The largest absolute Gasteiger partial charge is 0.437 e. The molecular formula is C31H34ClF3N4O4. The number of likely N-dealkylation sites (tertiary alicyclic amines) is 1. The first kappa shape index (κ1) is 32.2. The van der Waals surface area contributed by atoms with E-state index in [0.717, 1.165) is 36.7 Å². The molecule has 4 rings (SSSR count). The fraction of sp³-hybridized carbons (Fsp3) is 0.387. The highest BCUT2D eigenvalue weighted by atomic mass is 35.5. The highest BCUT2D eigenvalue weighted by Gasteiger charge is 2.33. The number of benzene rings is 2. The zero-order valence-corrected chi connectivity index (χ0v) is 24.6. The third-order valence-corrected chi connectivity index (χ3v) is 7.09. The average Bonchev–Trinajstić information content (AvgIpc) is 3.45. The molecule has 0 aliphatic carbocycles. The van der Waals surface area contributed by atoms with E-state index in [1.165, 1.54) is 18.3 Å². The van der Waals surface area contributed by atoms with Crippen LogP contribution in [0.5, 0.6) is 11.6 Å². The second-order valence-electron chi connectivity index (χ2n) is 10.7. The number of nitrogens with one attached hydrogen (secondary N) is 2. The standard InChI is InChI=1S/C31H34ClF3N4O4/c1-20(2)16-37-23-12-14-39(17-23)30(41)26(19-42-18-21-7-4-3-5-8-21)38-28(40)24-9-6-13-36-29(24)43-27-11-10-22(15-25(27)32)31(33,34)35/h3-11,13,15,20,23,26,37H,12,14,16-19H2,1-2H3,(H,38,40)/t23-,26-/m1/s1. The van der Waals surface area contributed by atoms with Gasteiger partial charge in [0, 0.05) is 25.3 Å². The first-order valence-electron chi connectivity index (χ1n) is 14.0. The highest BCUT2D eigenvalue weighted by molar-refractivity contribution is 6.32. The minimum absolute atomic E-state index is 0.0303. The number of pyridine rings is 1. The summed E-state index contributed by atoms with van der Waals surface area (Å²) in [5.41, 5.74) is -0.0583. The van der Waals surface area contributed by atoms with Crippen LogP contribution in [0.4, 0.5) is 13.2 Å². The number of alkyl halides is 3. The van der Waals surface area contributed by atoms with Gasteiger partial charge in [0.2, 0.25) is 11.8 Å². The number of carbonyl (C=O) groups excluding carboxylic acids is 2. The van der Waals surface area contributed by atoms with E-state index in [2.05, 4.69) is 29.5 Å². The summed E-state index contributed by atoms with van der Waals surface area (Å²) < 4.78 is 50.7. The Hall–Kier alpha value is -3.67. The van der Waals surface area contributed by atoms with Crippen LogP contribution in [0.15, 0.2) is 66.9 Å². The first-order valence-corrected chi connectivity index (χ1v) is 14.3. The fourth-order valence-corrected chi connectivity index (χ4v) is 4.76. The van der Waals surface area contributed by atoms with Gasteiger partial charge in [0.1, 0.15) is 17.4 Å². The molecule has 2 heterocycles. The highest BCUT2D eigenvalue weighted by Crippen LogP contribution is 2.36. The average molecular weight is 619 g/mol.